The molecule has 110 valence electrons. The van der Waals surface area contributed by atoms with Gasteiger partial charge in [0.1, 0.15) is 11.6 Å². The van der Waals surface area contributed by atoms with Gasteiger partial charge in [-0.3, -0.25) is 5.43 Å². The van der Waals surface area contributed by atoms with Crippen LogP contribution in [0.3, 0.4) is 0 Å². The predicted octanol–water partition coefficient (Wildman–Crippen LogP) is 3.08. The van der Waals surface area contributed by atoms with E-state index in [4.69, 9.17) is 0 Å². The second-order valence-corrected chi connectivity index (χ2v) is 4.50. The van der Waals surface area contributed by atoms with Crippen LogP contribution in [0.1, 0.15) is 19.4 Å². The summed E-state index contributed by atoms with van der Waals surface area (Å²) in [7, 11) is 0. The van der Waals surface area contributed by atoms with Crippen LogP contribution in [-0.2, 0) is 0 Å². The van der Waals surface area contributed by atoms with Crippen molar-refractivity contribution >= 4 is 17.7 Å². The van der Waals surface area contributed by atoms with Crippen LogP contribution in [0, 0.1) is 0 Å². The number of phenols is 1. The van der Waals surface area contributed by atoms with E-state index in [-0.39, 0.29) is 5.75 Å². The summed E-state index contributed by atoms with van der Waals surface area (Å²) in [6.45, 7) is 5.99. The molecule has 0 aliphatic heterocycles. The zero-order chi connectivity index (χ0) is 15.1. The molecule has 0 aliphatic carbocycles. The lowest BCUT2D eigenvalue weighted by atomic mass is 10.2. The van der Waals surface area contributed by atoms with E-state index in [9.17, 15) is 5.11 Å². The van der Waals surface area contributed by atoms with Gasteiger partial charge >= 0.3 is 0 Å². The van der Waals surface area contributed by atoms with Gasteiger partial charge in [0.05, 0.1) is 6.21 Å². The highest BCUT2D eigenvalue weighted by Crippen LogP contribution is 2.23. The number of pyridine rings is 1. The van der Waals surface area contributed by atoms with E-state index in [1.807, 2.05) is 30.3 Å². The largest absolute Gasteiger partial charge is 0.507 e. The Hall–Kier alpha value is -2.56. The van der Waals surface area contributed by atoms with Crippen molar-refractivity contribution in [3.8, 4) is 5.75 Å². The summed E-state index contributed by atoms with van der Waals surface area (Å²) in [4.78, 5) is 6.27. The highest BCUT2D eigenvalue weighted by molar-refractivity contribution is 5.84. The molecule has 0 saturated heterocycles. The summed E-state index contributed by atoms with van der Waals surface area (Å²) in [5.74, 6) is 0.874. The van der Waals surface area contributed by atoms with Crippen molar-refractivity contribution in [3.05, 3.63) is 48.2 Å². The maximum absolute atomic E-state index is 10.1. The minimum Gasteiger partial charge on any atom is -0.507 e. The Labute approximate surface area is 125 Å². The first-order chi connectivity index (χ1) is 10.2. The lowest BCUT2D eigenvalue weighted by Crippen LogP contribution is -2.21. The molecule has 21 heavy (non-hydrogen) atoms. The summed E-state index contributed by atoms with van der Waals surface area (Å²) < 4.78 is 0. The van der Waals surface area contributed by atoms with Crippen molar-refractivity contribution in [2.24, 2.45) is 5.10 Å². The summed E-state index contributed by atoms with van der Waals surface area (Å²) in [5.41, 5.74) is 4.49. The lowest BCUT2D eigenvalue weighted by molar-refractivity contribution is 0.474. The normalized spacial score (nSPS) is 10.8. The van der Waals surface area contributed by atoms with Gasteiger partial charge in [-0.1, -0.05) is 6.07 Å². The fourth-order valence-corrected chi connectivity index (χ4v) is 2.02. The topological polar surface area (TPSA) is 60.8 Å². The third kappa shape index (κ3) is 3.95. The highest BCUT2D eigenvalue weighted by Gasteiger charge is 2.05. The van der Waals surface area contributed by atoms with Crippen molar-refractivity contribution in [1.29, 1.82) is 0 Å². The van der Waals surface area contributed by atoms with Crippen LogP contribution < -0.4 is 10.3 Å². The van der Waals surface area contributed by atoms with Gasteiger partial charge < -0.3 is 10.0 Å². The Balaban J connectivity index is 2.07. The molecular formula is C16H20N4O. The lowest BCUT2D eigenvalue weighted by Gasteiger charge is -2.21. The zero-order valence-corrected chi connectivity index (χ0v) is 12.3. The number of hydrazone groups is 1. The summed E-state index contributed by atoms with van der Waals surface area (Å²) in [6, 6.07) is 11.1. The van der Waals surface area contributed by atoms with Crippen LogP contribution in [0.15, 0.2) is 47.7 Å². The van der Waals surface area contributed by atoms with E-state index in [1.54, 1.807) is 18.5 Å². The molecule has 2 N–H and O–H groups in total. The minimum absolute atomic E-state index is 0.214. The number of aromatic hydroxyl groups is 1. The van der Waals surface area contributed by atoms with Crippen LogP contribution in [0.2, 0.25) is 0 Å². The van der Waals surface area contributed by atoms with Gasteiger partial charge in [0, 0.05) is 36.6 Å². The van der Waals surface area contributed by atoms with E-state index in [0.29, 0.717) is 11.4 Å². The van der Waals surface area contributed by atoms with Crippen molar-refractivity contribution in [3.63, 3.8) is 0 Å². The third-order valence-corrected chi connectivity index (χ3v) is 3.19. The highest BCUT2D eigenvalue weighted by atomic mass is 16.3. The molecule has 0 atom stereocenters. The first-order valence-corrected chi connectivity index (χ1v) is 7.02. The van der Waals surface area contributed by atoms with E-state index in [1.165, 1.54) is 0 Å². The molecule has 1 aromatic heterocycles. The number of rotatable bonds is 6. The molecule has 2 aromatic rings. The maximum Gasteiger partial charge on any atom is 0.146 e. The Bertz CT molecular complexity index is 594. The van der Waals surface area contributed by atoms with Crippen molar-refractivity contribution in [1.82, 2.24) is 4.98 Å². The number of hydrogen-bond acceptors (Lipinski definition) is 5. The summed E-state index contributed by atoms with van der Waals surface area (Å²) >= 11 is 0. The minimum atomic E-state index is 0.214. The number of anilines is 2. The van der Waals surface area contributed by atoms with Gasteiger partial charge in [-0.15, -0.1) is 0 Å². The Morgan fingerprint density at radius 3 is 2.67 bits per heavy atom. The maximum atomic E-state index is 10.1. The first-order valence-electron chi connectivity index (χ1n) is 7.02. The second kappa shape index (κ2) is 7.28. The molecule has 0 bridgehead atoms. The van der Waals surface area contributed by atoms with Crippen molar-refractivity contribution in [2.45, 2.75) is 13.8 Å². The van der Waals surface area contributed by atoms with Crippen molar-refractivity contribution in [2.75, 3.05) is 23.4 Å². The molecule has 2 rings (SSSR count). The third-order valence-electron chi connectivity index (χ3n) is 3.19. The Kier molecular flexibility index (Phi) is 5.15. The van der Waals surface area contributed by atoms with Crippen LogP contribution in [0.5, 0.6) is 5.75 Å². The van der Waals surface area contributed by atoms with Crippen LogP contribution in [-0.4, -0.2) is 29.4 Å². The van der Waals surface area contributed by atoms with Gasteiger partial charge in [-0.05, 0) is 38.1 Å². The number of nitrogens with one attached hydrogen (secondary N) is 1. The first kappa shape index (κ1) is 14.8. The van der Waals surface area contributed by atoms with E-state index >= 15 is 0 Å². The number of hydrogen-bond donors (Lipinski definition) is 2. The van der Waals surface area contributed by atoms with Gasteiger partial charge in [0.2, 0.25) is 0 Å². The number of nitrogens with zero attached hydrogens (tertiary/aromatic N) is 3. The number of benzene rings is 1. The Morgan fingerprint density at radius 1 is 1.24 bits per heavy atom. The fourth-order valence-electron chi connectivity index (χ4n) is 2.02. The molecule has 5 nitrogen and oxygen atoms in total. The van der Waals surface area contributed by atoms with E-state index in [0.717, 1.165) is 18.8 Å². The van der Waals surface area contributed by atoms with Gasteiger partial charge in [0.15, 0.2) is 0 Å². The van der Waals surface area contributed by atoms with Gasteiger partial charge in [-0.2, -0.15) is 5.10 Å². The predicted molar refractivity (Wildman–Crippen MR) is 87.1 cm³/mol. The molecule has 0 amide bonds. The molecular weight excluding hydrogens is 264 g/mol. The molecule has 0 unspecified atom stereocenters. The molecule has 5 heteroatoms. The molecule has 0 fully saturated rings. The second-order valence-electron chi connectivity index (χ2n) is 4.50. The summed E-state index contributed by atoms with van der Waals surface area (Å²) in [6.07, 6.45) is 3.27. The van der Waals surface area contributed by atoms with Crippen LogP contribution in [0.25, 0.3) is 0 Å². The average molecular weight is 284 g/mol. The number of phenolic OH excluding ortho intramolecular Hbond substituents is 1. The molecule has 1 heterocycles. The molecule has 0 saturated carbocycles. The summed E-state index contributed by atoms with van der Waals surface area (Å²) in [5, 5.41) is 14.1. The fraction of sp³-hybridized carbons (Fsp3) is 0.250. The molecule has 0 radical (unpaired) electrons. The average Bonchev–Trinajstić information content (AvgIpc) is 2.51. The smallest absolute Gasteiger partial charge is 0.146 e. The standard InChI is InChI=1S/C16H20N4O/c1-3-20(4-2)14-9-8-13(15(21)11-14)12-18-19-16-7-5-6-10-17-16/h5-12,21H,3-4H2,1-2H3,(H,17,19)/b18-12-. The van der Waals surface area contributed by atoms with Gasteiger partial charge in [-0.25, -0.2) is 4.98 Å². The molecule has 0 aliphatic rings. The van der Waals surface area contributed by atoms with E-state index in [2.05, 4.69) is 34.3 Å². The van der Waals surface area contributed by atoms with E-state index < -0.39 is 0 Å². The molecule has 0 spiro atoms. The van der Waals surface area contributed by atoms with Crippen LogP contribution in [0.4, 0.5) is 11.5 Å². The molecule has 1 aromatic carbocycles. The quantitative estimate of drug-likeness (QED) is 0.632. The van der Waals surface area contributed by atoms with Crippen molar-refractivity contribution < 1.29 is 5.11 Å². The van der Waals surface area contributed by atoms with Gasteiger partial charge in [0.25, 0.3) is 0 Å². The SMILES string of the molecule is CCN(CC)c1ccc(/C=N\Nc2ccccn2)c(O)c1. The monoisotopic (exact) mass is 284 g/mol. The van der Waals surface area contributed by atoms with Crippen LogP contribution >= 0.6 is 0 Å². The zero-order valence-electron chi connectivity index (χ0n) is 12.3. The number of aromatic nitrogens is 1. The Morgan fingerprint density at radius 2 is 2.05 bits per heavy atom.